The van der Waals surface area contributed by atoms with Crippen molar-refractivity contribution in [2.24, 2.45) is 10.9 Å². The molecule has 0 aromatic rings. The van der Waals surface area contributed by atoms with Crippen molar-refractivity contribution in [1.29, 1.82) is 0 Å². The van der Waals surface area contributed by atoms with Crippen molar-refractivity contribution in [3.8, 4) is 0 Å². The normalized spacial score (nSPS) is 29.2. The van der Waals surface area contributed by atoms with Crippen molar-refractivity contribution in [3.05, 3.63) is 0 Å². The van der Waals surface area contributed by atoms with Crippen LogP contribution >= 0.6 is 11.8 Å². The maximum Gasteiger partial charge on any atom is 0.389 e. The van der Waals surface area contributed by atoms with Gasteiger partial charge in [0.2, 0.25) is 0 Å². The van der Waals surface area contributed by atoms with Crippen LogP contribution in [0, 0.1) is 5.92 Å². The first-order chi connectivity index (χ1) is 7.38. The standard InChI is InChI=1S/C10H17F3N2S/c1-7-6-16-9(15-8(7)2)14-5-3-4-10(11,12)13/h7-8H,3-6H2,1-2H3,(H,14,15). The highest BCUT2D eigenvalue weighted by molar-refractivity contribution is 8.13. The maximum absolute atomic E-state index is 11.9. The average molecular weight is 254 g/mol. The molecule has 1 N–H and O–H groups in total. The zero-order chi connectivity index (χ0) is 12.2. The third-order valence-electron chi connectivity index (χ3n) is 2.56. The van der Waals surface area contributed by atoms with Crippen LogP contribution in [0.1, 0.15) is 26.7 Å². The van der Waals surface area contributed by atoms with Gasteiger partial charge in [-0.3, -0.25) is 4.99 Å². The van der Waals surface area contributed by atoms with Gasteiger partial charge in [-0.15, -0.1) is 0 Å². The van der Waals surface area contributed by atoms with E-state index in [1.54, 1.807) is 11.8 Å². The van der Waals surface area contributed by atoms with Gasteiger partial charge < -0.3 is 5.32 Å². The lowest BCUT2D eigenvalue weighted by Crippen LogP contribution is -2.41. The summed E-state index contributed by atoms with van der Waals surface area (Å²) in [4.78, 5) is 4.14. The number of aliphatic imine (C=N–C) groups is 1. The van der Waals surface area contributed by atoms with Crippen molar-refractivity contribution in [3.63, 3.8) is 0 Å². The van der Waals surface area contributed by atoms with E-state index < -0.39 is 12.6 Å². The number of nitrogens with zero attached hydrogens (tertiary/aromatic N) is 1. The Morgan fingerprint density at radius 3 is 2.69 bits per heavy atom. The lowest BCUT2D eigenvalue weighted by Gasteiger charge is -2.28. The van der Waals surface area contributed by atoms with E-state index in [2.05, 4.69) is 24.2 Å². The third-order valence-corrected chi connectivity index (χ3v) is 3.77. The van der Waals surface area contributed by atoms with Gasteiger partial charge in [0, 0.05) is 24.8 Å². The number of halogens is 3. The van der Waals surface area contributed by atoms with Crippen LogP contribution < -0.4 is 5.32 Å². The minimum atomic E-state index is -4.06. The molecule has 0 aromatic heterocycles. The summed E-state index contributed by atoms with van der Waals surface area (Å²) in [6.45, 7) is 4.46. The number of nitrogens with one attached hydrogen (secondary N) is 1. The highest BCUT2D eigenvalue weighted by Crippen LogP contribution is 2.22. The lowest BCUT2D eigenvalue weighted by molar-refractivity contribution is -0.134. The van der Waals surface area contributed by atoms with Crippen molar-refractivity contribution >= 4 is 16.9 Å². The number of alkyl halides is 3. The predicted molar refractivity (Wildman–Crippen MR) is 61.8 cm³/mol. The van der Waals surface area contributed by atoms with Gasteiger partial charge in [-0.1, -0.05) is 18.7 Å². The molecule has 0 radical (unpaired) electrons. The van der Waals surface area contributed by atoms with Gasteiger partial charge in [-0.2, -0.15) is 13.2 Å². The number of thioether (sulfide) groups is 1. The van der Waals surface area contributed by atoms with Crippen LogP contribution in [0.25, 0.3) is 0 Å². The number of hydrogen-bond acceptors (Lipinski definition) is 2. The van der Waals surface area contributed by atoms with Crippen LogP contribution in [0.4, 0.5) is 13.2 Å². The molecule has 1 rings (SSSR count). The van der Waals surface area contributed by atoms with Crippen molar-refractivity contribution in [1.82, 2.24) is 5.32 Å². The van der Waals surface area contributed by atoms with E-state index in [0.717, 1.165) is 10.9 Å². The van der Waals surface area contributed by atoms with E-state index in [4.69, 9.17) is 0 Å². The fraction of sp³-hybridized carbons (Fsp3) is 0.900. The molecule has 1 aliphatic heterocycles. The summed E-state index contributed by atoms with van der Waals surface area (Å²) in [6.07, 6.45) is -4.74. The lowest BCUT2D eigenvalue weighted by atomic mass is 10.1. The molecule has 1 fully saturated rings. The molecular weight excluding hydrogens is 237 g/mol. The summed E-state index contributed by atoms with van der Waals surface area (Å²) < 4.78 is 35.6. The Labute approximate surface area is 98.1 Å². The van der Waals surface area contributed by atoms with Crippen LogP contribution in [0.5, 0.6) is 0 Å². The highest BCUT2D eigenvalue weighted by atomic mass is 32.2. The molecule has 16 heavy (non-hydrogen) atoms. The van der Waals surface area contributed by atoms with E-state index in [-0.39, 0.29) is 13.0 Å². The Bertz CT molecular complexity index is 253. The first-order valence-electron chi connectivity index (χ1n) is 5.39. The first-order valence-corrected chi connectivity index (χ1v) is 6.37. The van der Waals surface area contributed by atoms with Crippen LogP contribution in [0.2, 0.25) is 0 Å². The summed E-state index contributed by atoms with van der Waals surface area (Å²) in [7, 11) is 0. The SMILES string of the molecule is CC1CSC(=NCCCC(F)(F)F)NC1C. The van der Waals surface area contributed by atoms with E-state index >= 15 is 0 Å². The first kappa shape index (κ1) is 13.7. The summed E-state index contributed by atoms with van der Waals surface area (Å²) in [5, 5.41) is 3.98. The van der Waals surface area contributed by atoms with Gasteiger partial charge in [0.25, 0.3) is 0 Å². The van der Waals surface area contributed by atoms with Crippen LogP contribution in [0.3, 0.4) is 0 Å². The summed E-state index contributed by atoms with van der Waals surface area (Å²) in [6, 6.07) is 0.350. The summed E-state index contributed by atoms with van der Waals surface area (Å²) >= 11 is 1.59. The molecular formula is C10H17F3N2S. The fourth-order valence-electron chi connectivity index (χ4n) is 1.28. The molecule has 1 aliphatic rings. The van der Waals surface area contributed by atoms with Crippen LogP contribution in [0.15, 0.2) is 4.99 Å². The molecule has 0 bridgehead atoms. The topological polar surface area (TPSA) is 24.4 Å². The third kappa shape index (κ3) is 5.09. The minimum absolute atomic E-state index is 0.0686. The van der Waals surface area contributed by atoms with Gasteiger partial charge in [0.05, 0.1) is 0 Å². The van der Waals surface area contributed by atoms with Crippen LogP contribution in [-0.4, -0.2) is 29.7 Å². The van der Waals surface area contributed by atoms with Gasteiger partial charge in [0.15, 0.2) is 5.17 Å². The fourth-order valence-corrected chi connectivity index (χ4v) is 2.45. The second-order valence-electron chi connectivity index (χ2n) is 4.13. The van der Waals surface area contributed by atoms with E-state index in [9.17, 15) is 13.2 Å². The molecule has 0 aliphatic carbocycles. The maximum atomic E-state index is 11.9. The molecule has 2 nitrogen and oxygen atoms in total. The quantitative estimate of drug-likeness (QED) is 0.783. The molecule has 6 heteroatoms. The van der Waals surface area contributed by atoms with Gasteiger partial charge in [0.1, 0.15) is 0 Å². The predicted octanol–water partition coefficient (Wildman–Crippen LogP) is 3.05. The number of amidine groups is 1. The average Bonchev–Trinajstić information content (AvgIpc) is 2.17. The Morgan fingerprint density at radius 2 is 2.12 bits per heavy atom. The second kappa shape index (κ2) is 5.80. The Morgan fingerprint density at radius 1 is 1.44 bits per heavy atom. The van der Waals surface area contributed by atoms with Crippen molar-refractivity contribution in [2.45, 2.75) is 38.9 Å². The van der Waals surface area contributed by atoms with E-state index in [0.29, 0.717) is 12.0 Å². The number of rotatable bonds is 3. The molecule has 0 aromatic carbocycles. The zero-order valence-corrected chi connectivity index (χ0v) is 10.3. The van der Waals surface area contributed by atoms with Gasteiger partial charge >= 0.3 is 6.18 Å². The molecule has 0 spiro atoms. The molecule has 1 heterocycles. The van der Waals surface area contributed by atoms with Crippen molar-refractivity contribution in [2.75, 3.05) is 12.3 Å². The Hall–Kier alpha value is -0.390. The van der Waals surface area contributed by atoms with Crippen molar-refractivity contribution < 1.29 is 13.2 Å². The van der Waals surface area contributed by atoms with Gasteiger partial charge in [-0.05, 0) is 19.3 Å². The molecule has 1 saturated heterocycles. The monoisotopic (exact) mass is 254 g/mol. The second-order valence-corrected chi connectivity index (χ2v) is 5.14. The molecule has 0 saturated carbocycles. The minimum Gasteiger partial charge on any atom is -0.362 e. The molecule has 94 valence electrons. The molecule has 0 amide bonds. The Balaban J connectivity index is 2.25. The van der Waals surface area contributed by atoms with Gasteiger partial charge in [-0.25, -0.2) is 0 Å². The zero-order valence-electron chi connectivity index (χ0n) is 9.47. The highest BCUT2D eigenvalue weighted by Gasteiger charge is 2.26. The smallest absolute Gasteiger partial charge is 0.362 e. The van der Waals surface area contributed by atoms with E-state index in [1.165, 1.54) is 0 Å². The number of hydrogen-bond donors (Lipinski definition) is 1. The Kier molecular flexibility index (Phi) is 4.95. The molecule has 2 atom stereocenters. The van der Waals surface area contributed by atoms with E-state index in [1.807, 2.05) is 0 Å². The van der Waals surface area contributed by atoms with Crippen LogP contribution in [-0.2, 0) is 0 Å². The summed E-state index contributed by atoms with van der Waals surface area (Å²) in [5.41, 5.74) is 0. The molecule has 2 unspecified atom stereocenters. The summed E-state index contributed by atoms with van der Waals surface area (Å²) in [5.74, 6) is 1.55. The largest absolute Gasteiger partial charge is 0.389 e.